The van der Waals surface area contributed by atoms with E-state index in [-0.39, 0.29) is 0 Å². The van der Waals surface area contributed by atoms with Gasteiger partial charge in [-0.05, 0) is 41.6 Å². The van der Waals surface area contributed by atoms with Crippen molar-refractivity contribution in [2.45, 2.75) is 33.1 Å². The van der Waals surface area contributed by atoms with Crippen LogP contribution in [0.25, 0.3) is 0 Å². The van der Waals surface area contributed by atoms with E-state index in [4.69, 9.17) is 0 Å². The Morgan fingerprint density at radius 1 is 0.941 bits per heavy atom. The van der Waals surface area contributed by atoms with E-state index in [1.807, 2.05) is 13.8 Å². The van der Waals surface area contributed by atoms with E-state index >= 15 is 0 Å². The number of allylic oxidation sites excluding steroid dienone is 12. The summed E-state index contributed by atoms with van der Waals surface area (Å²) in [7, 11) is 0. The molecule has 0 aromatic heterocycles. The Morgan fingerprint density at radius 3 is 2.65 bits per heavy atom. The molecule has 0 spiro atoms. The Balaban J connectivity index is 0.000000514. The Labute approximate surface area is 104 Å². The van der Waals surface area contributed by atoms with Gasteiger partial charge in [0.15, 0.2) is 0 Å². The summed E-state index contributed by atoms with van der Waals surface area (Å²) < 4.78 is 0. The third-order valence-corrected chi connectivity index (χ3v) is 3.13. The molecule has 0 saturated carbocycles. The van der Waals surface area contributed by atoms with Gasteiger partial charge < -0.3 is 0 Å². The van der Waals surface area contributed by atoms with Crippen LogP contribution < -0.4 is 0 Å². The highest BCUT2D eigenvalue weighted by atomic mass is 14.2. The van der Waals surface area contributed by atoms with Crippen LogP contribution in [0, 0.1) is 0 Å². The SMILES string of the molecule is C1=CCC=C2C(=C1)CC1=C2C=CCC=C1.CC. The van der Waals surface area contributed by atoms with E-state index in [9.17, 15) is 0 Å². The molecule has 0 nitrogen and oxygen atoms in total. The molecule has 0 amide bonds. The first-order valence-electron chi connectivity index (χ1n) is 6.58. The fourth-order valence-electron chi connectivity index (χ4n) is 2.40. The van der Waals surface area contributed by atoms with Crippen molar-refractivity contribution in [2.75, 3.05) is 0 Å². The molecule has 0 aromatic carbocycles. The first kappa shape index (κ1) is 11.9. The highest BCUT2D eigenvalue weighted by Crippen LogP contribution is 2.39. The number of hydrogen-bond donors (Lipinski definition) is 0. The van der Waals surface area contributed by atoms with Crippen molar-refractivity contribution in [3.63, 3.8) is 0 Å². The van der Waals surface area contributed by atoms with Crippen molar-refractivity contribution in [3.8, 4) is 0 Å². The Morgan fingerprint density at radius 2 is 1.76 bits per heavy atom. The fourth-order valence-corrected chi connectivity index (χ4v) is 2.40. The quantitative estimate of drug-likeness (QED) is 0.540. The van der Waals surface area contributed by atoms with Crippen molar-refractivity contribution in [3.05, 3.63) is 70.9 Å². The largest absolute Gasteiger partial charge is 0.0807 e. The second-order valence-corrected chi connectivity index (χ2v) is 4.13. The predicted octanol–water partition coefficient (Wildman–Crippen LogP) is 5.04. The maximum absolute atomic E-state index is 2.35. The average molecular weight is 224 g/mol. The molecular weight excluding hydrogens is 204 g/mol. The Hall–Kier alpha value is -1.56. The summed E-state index contributed by atoms with van der Waals surface area (Å²) in [4.78, 5) is 0. The van der Waals surface area contributed by atoms with Gasteiger partial charge in [0.05, 0.1) is 0 Å². The van der Waals surface area contributed by atoms with Crippen molar-refractivity contribution in [2.24, 2.45) is 0 Å². The molecule has 3 aliphatic rings. The van der Waals surface area contributed by atoms with Crippen LogP contribution in [0.15, 0.2) is 70.9 Å². The molecule has 3 aliphatic carbocycles. The highest BCUT2D eigenvalue weighted by Gasteiger charge is 2.21. The fraction of sp³-hybridized carbons (Fsp3) is 0.294. The third kappa shape index (κ3) is 2.41. The maximum atomic E-state index is 2.35. The lowest BCUT2D eigenvalue weighted by Gasteiger charge is -2.01. The number of fused-ring (bicyclic) bond motifs is 2. The van der Waals surface area contributed by atoms with E-state index in [0.29, 0.717) is 0 Å². The minimum Gasteiger partial charge on any atom is -0.0807 e. The molecule has 0 N–H and O–H groups in total. The van der Waals surface area contributed by atoms with Crippen LogP contribution in [0.1, 0.15) is 33.1 Å². The van der Waals surface area contributed by atoms with E-state index in [2.05, 4.69) is 48.6 Å². The summed E-state index contributed by atoms with van der Waals surface area (Å²) >= 11 is 0. The summed E-state index contributed by atoms with van der Waals surface area (Å²) in [6.07, 6.45) is 21.3. The van der Waals surface area contributed by atoms with E-state index < -0.39 is 0 Å². The van der Waals surface area contributed by atoms with Crippen LogP contribution in [-0.4, -0.2) is 0 Å². The average Bonchev–Trinajstić information content (AvgIpc) is 2.61. The molecule has 0 heteroatoms. The Bertz CT molecular complexity index is 462. The minimum absolute atomic E-state index is 1.06. The van der Waals surface area contributed by atoms with Gasteiger partial charge in [0.1, 0.15) is 0 Å². The molecule has 0 heterocycles. The zero-order chi connectivity index (χ0) is 12.1. The van der Waals surface area contributed by atoms with E-state index in [1.54, 1.807) is 0 Å². The highest BCUT2D eigenvalue weighted by molar-refractivity contribution is 5.65. The number of rotatable bonds is 0. The van der Waals surface area contributed by atoms with Gasteiger partial charge in [-0.1, -0.05) is 62.5 Å². The summed E-state index contributed by atoms with van der Waals surface area (Å²) in [6, 6.07) is 0. The standard InChI is InChI=1S/C15H14.C2H6/c1-3-7-12-11-13-8-4-2-6-10-15(13)14(12)9-5-1;1-2/h1,3-4,6-10H,2,5,11H2;1-2H3. The second-order valence-electron chi connectivity index (χ2n) is 4.13. The molecule has 0 aliphatic heterocycles. The van der Waals surface area contributed by atoms with E-state index in [1.165, 1.54) is 22.3 Å². The summed E-state index contributed by atoms with van der Waals surface area (Å²) in [5.74, 6) is 0. The van der Waals surface area contributed by atoms with Gasteiger partial charge in [-0.2, -0.15) is 0 Å². The molecule has 0 atom stereocenters. The van der Waals surface area contributed by atoms with Crippen molar-refractivity contribution in [1.29, 1.82) is 0 Å². The molecule has 88 valence electrons. The van der Waals surface area contributed by atoms with Crippen LogP contribution in [-0.2, 0) is 0 Å². The predicted molar refractivity (Wildman–Crippen MR) is 75.8 cm³/mol. The Kier molecular flexibility index (Phi) is 3.98. The zero-order valence-corrected chi connectivity index (χ0v) is 10.7. The second kappa shape index (κ2) is 5.67. The smallest absolute Gasteiger partial charge is 0.00137 e. The summed E-state index contributed by atoms with van der Waals surface area (Å²) in [5.41, 5.74) is 5.86. The lowest BCUT2D eigenvalue weighted by molar-refractivity contribution is 1.24. The number of hydrogen-bond acceptors (Lipinski definition) is 0. The lowest BCUT2D eigenvalue weighted by Crippen LogP contribution is -1.82. The molecule has 17 heavy (non-hydrogen) atoms. The van der Waals surface area contributed by atoms with Gasteiger partial charge in [0.25, 0.3) is 0 Å². The van der Waals surface area contributed by atoms with Crippen molar-refractivity contribution < 1.29 is 0 Å². The molecule has 0 aromatic rings. The lowest BCUT2D eigenvalue weighted by atomic mass is 10.0. The van der Waals surface area contributed by atoms with E-state index in [0.717, 1.165) is 19.3 Å². The molecule has 3 rings (SSSR count). The summed E-state index contributed by atoms with van der Waals surface area (Å²) in [5, 5.41) is 0. The van der Waals surface area contributed by atoms with Crippen LogP contribution >= 0.6 is 0 Å². The van der Waals surface area contributed by atoms with Gasteiger partial charge in [-0.25, -0.2) is 0 Å². The van der Waals surface area contributed by atoms with Crippen LogP contribution in [0.3, 0.4) is 0 Å². The molecule has 0 unspecified atom stereocenters. The molecule has 0 saturated heterocycles. The first-order chi connectivity index (χ1) is 8.45. The van der Waals surface area contributed by atoms with Crippen LogP contribution in [0.5, 0.6) is 0 Å². The molecule has 0 fully saturated rings. The first-order valence-corrected chi connectivity index (χ1v) is 6.58. The van der Waals surface area contributed by atoms with Gasteiger partial charge in [0, 0.05) is 0 Å². The maximum Gasteiger partial charge on any atom is -0.00137 e. The molecule has 0 radical (unpaired) electrons. The van der Waals surface area contributed by atoms with Gasteiger partial charge in [-0.15, -0.1) is 0 Å². The summed E-state index contributed by atoms with van der Waals surface area (Å²) in [6.45, 7) is 4.00. The molecule has 0 bridgehead atoms. The minimum atomic E-state index is 1.06. The van der Waals surface area contributed by atoms with Gasteiger partial charge in [0.2, 0.25) is 0 Å². The molecular formula is C17H20. The van der Waals surface area contributed by atoms with Gasteiger partial charge in [-0.3, -0.25) is 0 Å². The van der Waals surface area contributed by atoms with Gasteiger partial charge >= 0.3 is 0 Å². The van der Waals surface area contributed by atoms with Crippen LogP contribution in [0.4, 0.5) is 0 Å². The third-order valence-electron chi connectivity index (χ3n) is 3.13. The monoisotopic (exact) mass is 224 g/mol. The van der Waals surface area contributed by atoms with Crippen molar-refractivity contribution >= 4 is 0 Å². The van der Waals surface area contributed by atoms with Crippen LogP contribution in [0.2, 0.25) is 0 Å². The topological polar surface area (TPSA) is 0 Å². The van der Waals surface area contributed by atoms with Crippen molar-refractivity contribution in [1.82, 2.24) is 0 Å². The zero-order valence-electron chi connectivity index (χ0n) is 10.7. The normalized spacial score (nSPS) is 20.6.